The number of unbranched alkanes of at least 4 members (excludes halogenated alkanes) is 6. The molecule has 0 radical (unpaired) electrons. The quantitative estimate of drug-likeness (QED) is 0.426. The van der Waals surface area contributed by atoms with Crippen LogP contribution in [-0.2, 0) is 0 Å². The molecule has 2 heteroatoms. The van der Waals surface area contributed by atoms with Crippen LogP contribution in [0.2, 0.25) is 0 Å². The highest BCUT2D eigenvalue weighted by Crippen LogP contribution is 2.18. The third-order valence-corrected chi connectivity index (χ3v) is 4.24. The molecule has 108 valence electrons. The molecule has 0 heterocycles. The van der Waals surface area contributed by atoms with Crippen LogP contribution in [0.4, 0.5) is 0 Å². The molecular formula is C16H34N2. The van der Waals surface area contributed by atoms with E-state index in [1.807, 2.05) is 0 Å². The molecule has 0 aromatic rings. The third-order valence-electron chi connectivity index (χ3n) is 4.24. The molecule has 0 aromatic carbocycles. The van der Waals surface area contributed by atoms with Gasteiger partial charge in [0.05, 0.1) is 6.17 Å². The van der Waals surface area contributed by atoms with Crippen LogP contribution in [0.5, 0.6) is 0 Å². The molecule has 0 saturated heterocycles. The highest BCUT2D eigenvalue weighted by Gasteiger charge is 2.17. The van der Waals surface area contributed by atoms with Gasteiger partial charge < -0.3 is 5.32 Å². The Balaban J connectivity index is 1.94. The fraction of sp³-hybridized carbons (Fsp3) is 1.00. The topological polar surface area (TPSA) is 24.1 Å². The zero-order valence-corrected chi connectivity index (χ0v) is 12.6. The van der Waals surface area contributed by atoms with Crippen molar-refractivity contribution < 1.29 is 0 Å². The fourth-order valence-electron chi connectivity index (χ4n) is 2.99. The van der Waals surface area contributed by atoms with Gasteiger partial charge in [0.15, 0.2) is 0 Å². The summed E-state index contributed by atoms with van der Waals surface area (Å²) in [5.74, 6) is 0. The van der Waals surface area contributed by atoms with Crippen LogP contribution in [0.1, 0.15) is 84.0 Å². The van der Waals surface area contributed by atoms with Gasteiger partial charge in [-0.25, -0.2) is 0 Å². The molecule has 1 rings (SSSR count). The molecule has 0 spiro atoms. The molecule has 18 heavy (non-hydrogen) atoms. The molecule has 0 amide bonds. The van der Waals surface area contributed by atoms with Crippen LogP contribution >= 0.6 is 0 Å². The highest BCUT2D eigenvalue weighted by molar-refractivity contribution is 4.77. The van der Waals surface area contributed by atoms with E-state index in [-0.39, 0.29) is 0 Å². The summed E-state index contributed by atoms with van der Waals surface area (Å²) in [6.45, 7) is 2.28. The Hall–Kier alpha value is -0.0800. The number of nitrogens with one attached hydrogen (secondary N) is 2. The first-order valence-corrected chi connectivity index (χ1v) is 8.30. The first kappa shape index (κ1) is 16.0. The lowest BCUT2D eigenvalue weighted by Gasteiger charge is -2.22. The van der Waals surface area contributed by atoms with Gasteiger partial charge in [-0.2, -0.15) is 0 Å². The van der Waals surface area contributed by atoms with Crippen LogP contribution in [0, 0.1) is 0 Å². The van der Waals surface area contributed by atoms with E-state index in [0.29, 0.717) is 6.17 Å². The van der Waals surface area contributed by atoms with Crippen molar-refractivity contribution in [1.29, 1.82) is 0 Å². The summed E-state index contributed by atoms with van der Waals surface area (Å²) in [6, 6.07) is 0.784. The first-order valence-electron chi connectivity index (χ1n) is 8.30. The van der Waals surface area contributed by atoms with Gasteiger partial charge in [-0.1, -0.05) is 64.7 Å². The number of rotatable bonds is 11. The smallest absolute Gasteiger partial charge is 0.0571 e. The predicted molar refractivity (Wildman–Crippen MR) is 80.8 cm³/mol. The molecule has 1 unspecified atom stereocenters. The summed E-state index contributed by atoms with van der Waals surface area (Å²) >= 11 is 0. The lowest BCUT2D eigenvalue weighted by atomic mass is 10.1. The maximum absolute atomic E-state index is 3.77. The third kappa shape index (κ3) is 7.38. The largest absolute Gasteiger partial charge is 0.305 e. The van der Waals surface area contributed by atoms with E-state index in [1.54, 1.807) is 0 Å². The maximum Gasteiger partial charge on any atom is 0.0571 e. The van der Waals surface area contributed by atoms with Crippen molar-refractivity contribution in [3.05, 3.63) is 0 Å². The SMILES string of the molecule is CCCCCCCCCC(NC)NC1CCCC1. The van der Waals surface area contributed by atoms with Gasteiger partial charge in [-0.3, -0.25) is 5.32 Å². The summed E-state index contributed by atoms with van der Waals surface area (Å²) in [5, 5.41) is 7.19. The molecule has 0 aromatic heterocycles. The maximum atomic E-state index is 3.77. The molecule has 1 fully saturated rings. The van der Waals surface area contributed by atoms with Gasteiger partial charge in [0.2, 0.25) is 0 Å². The normalized spacial score (nSPS) is 18.3. The Bertz CT molecular complexity index is 176. The Morgan fingerprint density at radius 1 is 0.944 bits per heavy atom. The van der Waals surface area contributed by atoms with E-state index in [9.17, 15) is 0 Å². The highest BCUT2D eigenvalue weighted by atomic mass is 15.1. The molecule has 1 aliphatic rings. The van der Waals surface area contributed by atoms with Gasteiger partial charge in [0.1, 0.15) is 0 Å². The van der Waals surface area contributed by atoms with E-state index >= 15 is 0 Å². The van der Waals surface area contributed by atoms with E-state index in [1.165, 1.54) is 77.0 Å². The van der Waals surface area contributed by atoms with Crippen LogP contribution in [0.25, 0.3) is 0 Å². The summed E-state index contributed by atoms with van der Waals surface area (Å²) < 4.78 is 0. The minimum Gasteiger partial charge on any atom is -0.305 e. The van der Waals surface area contributed by atoms with Gasteiger partial charge >= 0.3 is 0 Å². The summed E-state index contributed by atoms with van der Waals surface area (Å²) in [5.41, 5.74) is 0. The van der Waals surface area contributed by atoms with Gasteiger partial charge in [-0.15, -0.1) is 0 Å². The Kier molecular flexibility index (Phi) is 9.59. The summed E-state index contributed by atoms with van der Waals surface area (Å²) in [7, 11) is 2.09. The predicted octanol–water partition coefficient (Wildman–Crippen LogP) is 4.20. The summed E-state index contributed by atoms with van der Waals surface area (Å²) in [4.78, 5) is 0. The monoisotopic (exact) mass is 254 g/mol. The molecule has 0 bridgehead atoms. The van der Waals surface area contributed by atoms with Crippen LogP contribution in [0.15, 0.2) is 0 Å². The lowest BCUT2D eigenvalue weighted by Crippen LogP contribution is -2.44. The first-order chi connectivity index (χ1) is 8.86. The Morgan fingerprint density at radius 2 is 1.56 bits per heavy atom. The standard InChI is InChI=1S/C16H34N2/c1-3-4-5-6-7-8-9-14-16(17-2)18-15-12-10-11-13-15/h15-18H,3-14H2,1-2H3. The summed E-state index contributed by atoms with van der Waals surface area (Å²) in [6.07, 6.45) is 17.3. The molecule has 2 N–H and O–H groups in total. The van der Waals surface area contributed by atoms with Crippen molar-refractivity contribution >= 4 is 0 Å². The minimum atomic E-state index is 0.545. The second-order valence-corrected chi connectivity index (χ2v) is 5.90. The molecule has 1 atom stereocenters. The van der Waals surface area contributed by atoms with Crippen molar-refractivity contribution in [2.75, 3.05) is 7.05 Å². The van der Waals surface area contributed by atoms with Gasteiger partial charge in [0.25, 0.3) is 0 Å². The van der Waals surface area contributed by atoms with Crippen LogP contribution < -0.4 is 10.6 Å². The van der Waals surface area contributed by atoms with Crippen molar-refractivity contribution in [3.8, 4) is 0 Å². The zero-order valence-electron chi connectivity index (χ0n) is 12.6. The van der Waals surface area contributed by atoms with E-state index in [0.717, 1.165) is 6.04 Å². The van der Waals surface area contributed by atoms with Crippen molar-refractivity contribution in [3.63, 3.8) is 0 Å². The second kappa shape index (κ2) is 10.8. The second-order valence-electron chi connectivity index (χ2n) is 5.90. The van der Waals surface area contributed by atoms with Crippen molar-refractivity contribution in [2.45, 2.75) is 96.2 Å². The van der Waals surface area contributed by atoms with E-state index in [4.69, 9.17) is 0 Å². The average Bonchev–Trinajstić information content (AvgIpc) is 2.89. The molecule has 0 aliphatic heterocycles. The van der Waals surface area contributed by atoms with Crippen LogP contribution in [0.3, 0.4) is 0 Å². The molecule has 1 saturated carbocycles. The van der Waals surface area contributed by atoms with Crippen molar-refractivity contribution in [1.82, 2.24) is 10.6 Å². The number of hydrogen-bond acceptors (Lipinski definition) is 2. The molecular weight excluding hydrogens is 220 g/mol. The van der Waals surface area contributed by atoms with Gasteiger partial charge in [0, 0.05) is 6.04 Å². The van der Waals surface area contributed by atoms with Gasteiger partial charge in [-0.05, 0) is 26.3 Å². The zero-order chi connectivity index (χ0) is 13.1. The van der Waals surface area contributed by atoms with Crippen LogP contribution in [-0.4, -0.2) is 19.3 Å². The average molecular weight is 254 g/mol. The molecule has 1 aliphatic carbocycles. The lowest BCUT2D eigenvalue weighted by molar-refractivity contribution is 0.360. The Morgan fingerprint density at radius 3 is 2.17 bits per heavy atom. The van der Waals surface area contributed by atoms with E-state index < -0.39 is 0 Å². The minimum absolute atomic E-state index is 0.545. The van der Waals surface area contributed by atoms with Crippen molar-refractivity contribution in [2.24, 2.45) is 0 Å². The fourth-order valence-corrected chi connectivity index (χ4v) is 2.99. The number of hydrogen-bond donors (Lipinski definition) is 2. The van der Waals surface area contributed by atoms with E-state index in [2.05, 4.69) is 24.6 Å². The Labute approximate surface area is 114 Å². The molecule has 2 nitrogen and oxygen atoms in total.